The number of hydrogen-bond donors (Lipinski definition) is 2. The van der Waals surface area contributed by atoms with Gasteiger partial charge in [-0.2, -0.15) is 0 Å². The Hall–Kier alpha value is -3.04. The Labute approximate surface area is 130 Å². The Morgan fingerprint density at radius 1 is 1.22 bits per heavy atom. The second-order valence-corrected chi connectivity index (χ2v) is 5.21. The Morgan fingerprint density at radius 3 is 2.26 bits per heavy atom. The zero-order valence-corrected chi connectivity index (χ0v) is 12.4. The molecule has 0 bridgehead atoms. The maximum absolute atomic E-state index is 12.1. The van der Waals surface area contributed by atoms with E-state index in [1.807, 2.05) is 0 Å². The van der Waals surface area contributed by atoms with Crippen LogP contribution in [-0.4, -0.2) is 32.9 Å². The summed E-state index contributed by atoms with van der Waals surface area (Å²) in [5.74, 6) is -2.26. The average molecular weight is 325 g/mol. The highest BCUT2D eigenvalue weighted by Crippen LogP contribution is 2.24. The Bertz CT molecular complexity index is 657. The lowest BCUT2D eigenvalue weighted by Crippen LogP contribution is -2.41. The van der Waals surface area contributed by atoms with E-state index in [0.717, 1.165) is 12.1 Å². The standard InChI is InChI=1S/C13H15N3O7/c1-7(2)5-10(13(18)19)14-12(17)9-4-3-8(15(20)21)6-11(9)16(22)23/h3-4,6-7,10H,5H2,1-2H3,(H,14,17)(H,18,19)/t10-/m0/s1. The summed E-state index contributed by atoms with van der Waals surface area (Å²) < 4.78 is 0. The zero-order valence-electron chi connectivity index (χ0n) is 12.4. The van der Waals surface area contributed by atoms with Gasteiger partial charge in [-0.25, -0.2) is 4.79 Å². The molecule has 0 aliphatic heterocycles. The highest BCUT2D eigenvalue weighted by molar-refractivity contribution is 6.00. The van der Waals surface area contributed by atoms with E-state index < -0.39 is 44.7 Å². The largest absolute Gasteiger partial charge is 0.480 e. The van der Waals surface area contributed by atoms with E-state index in [1.54, 1.807) is 13.8 Å². The van der Waals surface area contributed by atoms with E-state index in [2.05, 4.69) is 5.32 Å². The minimum absolute atomic E-state index is 0.0248. The molecule has 0 aromatic heterocycles. The molecule has 0 heterocycles. The van der Waals surface area contributed by atoms with Crippen molar-refractivity contribution in [2.45, 2.75) is 26.3 Å². The highest BCUT2D eigenvalue weighted by atomic mass is 16.6. The lowest BCUT2D eigenvalue weighted by molar-refractivity contribution is -0.394. The van der Waals surface area contributed by atoms with Gasteiger partial charge in [0.05, 0.1) is 15.9 Å². The van der Waals surface area contributed by atoms with Crippen molar-refractivity contribution in [3.8, 4) is 0 Å². The van der Waals surface area contributed by atoms with Crippen LogP contribution in [0.3, 0.4) is 0 Å². The predicted molar refractivity (Wildman–Crippen MR) is 78.1 cm³/mol. The van der Waals surface area contributed by atoms with E-state index in [-0.39, 0.29) is 12.3 Å². The lowest BCUT2D eigenvalue weighted by atomic mass is 10.0. The average Bonchev–Trinajstić information content (AvgIpc) is 2.44. The number of benzene rings is 1. The molecule has 0 fully saturated rings. The van der Waals surface area contributed by atoms with Crippen molar-refractivity contribution in [3.63, 3.8) is 0 Å². The molecule has 0 aliphatic rings. The molecular weight excluding hydrogens is 310 g/mol. The van der Waals surface area contributed by atoms with Crippen molar-refractivity contribution in [2.75, 3.05) is 0 Å². The van der Waals surface area contributed by atoms with E-state index in [1.165, 1.54) is 0 Å². The Balaban J connectivity index is 3.14. The first-order chi connectivity index (χ1) is 10.6. The van der Waals surface area contributed by atoms with Crippen LogP contribution in [-0.2, 0) is 4.79 Å². The SMILES string of the molecule is CC(C)C[C@H](NC(=O)c1ccc([N+](=O)[O-])cc1[N+](=O)[O-])C(=O)O. The van der Waals surface area contributed by atoms with Crippen LogP contribution >= 0.6 is 0 Å². The van der Waals surface area contributed by atoms with Crippen LogP contribution in [0.4, 0.5) is 11.4 Å². The fourth-order valence-electron chi connectivity index (χ4n) is 1.91. The molecule has 2 N–H and O–H groups in total. The van der Waals surface area contributed by atoms with E-state index in [9.17, 15) is 29.8 Å². The third-order valence-corrected chi connectivity index (χ3v) is 2.94. The smallest absolute Gasteiger partial charge is 0.326 e. The summed E-state index contributed by atoms with van der Waals surface area (Å²) >= 11 is 0. The summed E-state index contributed by atoms with van der Waals surface area (Å²) in [4.78, 5) is 43.1. The fourth-order valence-corrected chi connectivity index (χ4v) is 1.91. The molecule has 1 aromatic carbocycles. The van der Waals surface area contributed by atoms with Crippen molar-refractivity contribution >= 4 is 23.3 Å². The molecule has 124 valence electrons. The number of carbonyl (C=O) groups is 2. The number of carboxylic acids is 1. The number of amides is 1. The fraction of sp³-hybridized carbons (Fsp3) is 0.385. The molecule has 10 nitrogen and oxygen atoms in total. The number of nitrogens with one attached hydrogen (secondary N) is 1. The minimum Gasteiger partial charge on any atom is -0.480 e. The van der Waals surface area contributed by atoms with Gasteiger partial charge in [-0.3, -0.25) is 25.0 Å². The topological polar surface area (TPSA) is 153 Å². The molecule has 0 unspecified atom stereocenters. The second-order valence-electron chi connectivity index (χ2n) is 5.21. The first-order valence-electron chi connectivity index (χ1n) is 6.60. The van der Waals surface area contributed by atoms with Crippen LogP contribution in [0.1, 0.15) is 30.6 Å². The predicted octanol–water partition coefficient (Wildman–Crippen LogP) is 1.73. The molecule has 1 aromatic rings. The van der Waals surface area contributed by atoms with Crippen LogP contribution in [0.25, 0.3) is 0 Å². The third-order valence-electron chi connectivity index (χ3n) is 2.94. The van der Waals surface area contributed by atoms with Crippen molar-refractivity contribution < 1.29 is 24.5 Å². The van der Waals surface area contributed by atoms with Crippen molar-refractivity contribution in [3.05, 3.63) is 44.0 Å². The van der Waals surface area contributed by atoms with Crippen LogP contribution < -0.4 is 5.32 Å². The quantitative estimate of drug-likeness (QED) is 0.571. The van der Waals surface area contributed by atoms with Gasteiger partial charge in [0.25, 0.3) is 17.3 Å². The van der Waals surface area contributed by atoms with Gasteiger partial charge < -0.3 is 10.4 Å². The number of nitro benzene ring substituents is 2. The maximum Gasteiger partial charge on any atom is 0.326 e. The lowest BCUT2D eigenvalue weighted by Gasteiger charge is -2.16. The summed E-state index contributed by atoms with van der Waals surface area (Å²) in [6, 6.07) is 1.32. The second kappa shape index (κ2) is 7.29. The van der Waals surface area contributed by atoms with E-state index in [0.29, 0.717) is 6.07 Å². The molecule has 1 rings (SSSR count). The summed E-state index contributed by atoms with van der Waals surface area (Å²) in [7, 11) is 0. The van der Waals surface area contributed by atoms with Crippen molar-refractivity contribution in [1.82, 2.24) is 5.32 Å². The number of nitro groups is 2. The van der Waals surface area contributed by atoms with Gasteiger partial charge in [-0.05, 0) is 18.4 Å². The molecule has 0 saturated heterocycles. The summed E-state index contributed by atoms with van der Waals surface area (Å²) in [5, 5.41) is 32.9. The van der Waals surface area contributed by atoms with Crippen LogP contribution in [0.5, 0.6) is 0 Å². The highest BCUT2D eigenvalue weighted by Gasteiger charge is 2.28. The van der Waals surface area contributed by atoms with Gasteiger partial charge in [-0.15, -0.1) is 0 Å². The zero-order chi connectivity index (χ0) is 17.7. The summed E-state index contributed by atoms with van der Waals surface area (Å²) in [6.07, 6.45) is 0.141. The first kappa shape index (κ1) is 18.0. The van der Waals surface area contributed by atoms with Gasteiger partial charge in [0, 0.05) is 6.07 Å². The maximum atomic E-state index is 12.1. The van der Waals surface area contributed by atoms with Gasteiger partial charge in [-0.1, -0.05) is 13.8 Å². The number of aliphatic carboxylic acids is 1. The number of carbonyl (C=O) groups excluding carboxylic acids is 1. The number of nitrogens with zero attached hydrogens (tertiary/aromatic N) is 2. The van der Waals surface area contributed by atoms with Gasteiger partial charge >= 0.3 is 5.97 Å². The van der Waals surface area contributed by atoms with E-state index in [4.69, 9.17) is 5.11 Å². The number of carboxylic acid groups (broad SMARTS) is 1. The first-order valence-corrected chi connectivity index (χ1v) is 6.60. The van der Waals surface area contributed by atoms with Crippen LogP contribution in [0, 0.1) is 26.1 Å². The molecule has 0 radical (unpaired) electrons. The molecule has 0 aliphatic carbocycles. The molecule has 0 saturated carbocycles. The van der Waals surface area contributed by atoms with Crippen molar-refractivity contribution in [2.24, 2.45) is 5.92 Å². The molecular formula is C13H15N3O7. The summed E-state index contributed by atoms with van der Waals surface area (Å²) in [5.41, 5.74) is -1.73. The van der Waals surface area contributed by atoms with Crippen molar-refractivity contribution in [1.29, 1.82) is 0 Å². The Kier molecular flexibility index (Phi) is 5.71. The molecule has 10 heteroatoms. The van der Waals surface area contributed by atoms with Crippen LogP contribution in [0.15, 0.2) is 18.2 Å². The van der Waals surface area contributed by atoms with Gasteiger partial charge in [0.1, 0.15) is 11.6 Å². The molecule has 1 amide bonds. The molecule has 23 heavy (non-hydrogen) atoms. The number of non-ortho nitro benzene ring substituents is 1. The van der Waals surface area contributed by atoms with E-state index >= 15 is 0 Å². The Morgan fingerprint density at radius 2 is 1.83 bits per heavy atom. The third kappa shape index (κ3) is 4.73. The summed E-state index contributed by atoms with van der Waals surface area (Å²) in [6.45, 7) is 3.52. The van der Waals surface area contributed by atoms with Gasteiger partial charge in [0.15, 0.2) is 0 Å². The van der Waals surface area contributed by atoms with Crippen LogP contribution in [0.2, 0.25) is 0 Å². The minimum atomic E-state index is -1.27. The number of hydrogen-bond acceptors (Lipinski definition) is 6. The normalized spacial score (nSPS) is 11.8. The molecule has 1 atom stereocenters. The molecule has 0 spiro atoms. The monoisotopic (exact) mass is 325 g/mol. The van der Waals surface area contributed by atoms with Gasteiger partial charge in [0.2, 0.25) is 0 Å². The number of rotatable bonds is 7.